The van der Waals surface area contributed by atoms with Crippen LogP contribution < -0.4 is 0 Å². The molecule has 0 saturated heterocycles. The second-order valence-electron chi connectivity index (χ2n) is 4.22. The van der Waals surface area contributed by atoms with Crippen LogP contribution in [0.1, 0.15) is 16.3 Å². The predicted molar refractivity (Wildman–Crippen MR) is 80.9 cm³/mol. The van der Waals surface area contributed by atoms with E-state index in [0.717, 1.165) is 4.88 Å². The topological polar surface area (TPSA) is 66.1 Å². The third-order valence-corrected chi connectivity index (χ3v) is 6.24. The SMILES string of the molecule is Cc1[nH]nc(CCl)c1S(=O)(=O)N(C)Cc1ccc(Cl)s1. The number of alkyl halides is 1. The molecule has 0 aromatic carbocycles. The number of hydrogen-bond acceptors (Lipinski definition) is 4. The van der Waals surface area contributed by atoms with E-state index in [0.29, 0.717) is 15.7 Å². The molecule has 0 radical (unpaired) electrons. The zero-order valence-electron chi connectivity index (χ0n) is 10.9. The van der Waals surface area contributed by atoms with Crippen molar-refractivity contribution in [1.29, 1.82) is 0 Å². The molecule has 0 aliphatic heterocycles. The van der Waals surface area contributed by atoms with Crippen LogP contribution in [0, 0.1) is 6.92 Å². The minimum atomic E-state index is -3.64. The molecule has 0 atom stereocenters. The lowest BCUT2D eigenvalue weighted by Crippen LogP contribution is -2.27. The van der Waals surface area contributed by atoms with E-state index in [9.17, 15) is 8.42 Å². The summed E-state index contributed by atoms with van der Waals surface area (Å²) in [6.45, 7) is 1.91. The van der Waals surface area contributed by atoms with Crippen molar-refractivity contribution in [3.63, 3.8) is 0 Å². The van der Waals surface area contributed by atoms with Crippen LogP contribution in [0.15, 0.2) is 17.0 Å². The molecule has 0 amide bonds. The van der Waals surface area contributed by atoms with E-state index in [1.165, 1.54) is 22.7 Å². The largest absolute Gasteiger partial charge is 0.281 e. The van der Waals surface area contributed by atoms with E-state index >= 15 is 0 Å². The third kappa shape index (κ3) is 3.01. The van der Waals surface area contributed by atoms with Gasteiger partial charge < -0.3 is 0 Å². The number of aryl methyl sites for hydroxylation is 1. The molecule has 2 aromatic rings. The fourth-order valence-corrected chi connectivity index (χ4v) is 4.76. The van der Waals surface area contributed by atoms with Gasteiger partial charge in [-0.2, -0.15) is 9.40 Å². The molecule has 0 aliphatic carbocycles. The van der Waals surface area contributed by atoms with Gasteiger partial charge in [0.25, 0.3) is 0 Å². The molecule has 9 heteroatoms. The Hall–Kier alpha value is -0.600. The van der Waals surface area contributed by atoms with E-state index in [1.54, 1.807) is 13.0 Å². The average molecular weight is 354 g/mol. The molecule has 0 aliphatic rings. The molecular formula is C11H13Cl2N3O2S2. The zero-order chi connectivity index (χ0) is 14.9. The molecule has 0 unspecified atom stereocenters. The average Bonchev–Trinajstić information content (AvgIpc) is 2.95. The van der Waals surface area contributed by atoms with Crippen LogP contribution in [0.5, 0.6) is 0 Å². The van der Waals surface area contributed by atoms with Crippen LogP contribution in [0.25, 0.3) is 0 Å². The molecule has 1 N–H and O–H groups in total. The van der Waals surface area contributed by atoms with Gasteiger partial charge in [-0.05, 0) is 19.1 Å². The van der Waals surface area contributed by atoms with Gasteiger partial charge in [-0.1, -0.05) is 11.6 Å². The second kappa shape index (κ2) is 6.03. The number of rotatable bonds is 5. The summed E-state index contributed by atoms with van der Waals surface area (Å²) in [7, 11) is -2.12. The molecule has 5 nitrogen and oxygen atoms in total. The highest BCUT2D eigenvalue weighted by Gasteiger charge is 2.28. The standard InChI is InChI=1S/C11H13Cl2N3O2S2/c1-7-11(9(5-12)15-14-7)20(17,18)16(2)6-8-3-4-10(13)19-8/h3-4H,5-6H2,1-2H3,(H,14,15). The van der Waals surface area contributed by atoms with Crippen LogP contribution in [0.4, 0.5) is 0 Å². The van der Waals surface area contributed by atoms with Crippen LogP contribution in [0.3, 0.4) is 0 Å². The molecule has 0 spiro atoms. The first-order valence-electron chi connectivity index (χ1n) is 5.66. The molecule has 2 aromatic heterocycles. The first-order valence-corrected chi connectivity index (χ1v) is 8.83. The number of halogens is 2. The lowest BCUT2D eigenvalue weighted by atomic mass is 10.4. The van der Waals surface area contributed by atoms with E-state index in [2.05, 4.69) is 10.2 Å². The van der Waals surface area contributed by atoms with Crippen molar-refractivity contribution in [2.24, 2.45) is 0 Å². The smallest absolute Gasteiger partial charge is 0.246 e. The molecule has 0 saturated carbocycles. The summed E-state index contributed by atoms with van der Waals surface area (Å²) >= 11 is 12.9. The maximum atomic E-state index is 12.6. The van der Waals surface area contributed by atoms with Gasteiger partial charge in [-0.3, -0.25) is 5.10 Å². The highest BCUT2D eigenvalue weighted by atomic mass is 35.5. The Morgan fingerprint density at radius 2 is 2.15 bits per heavy atom. The summed E-state index contributed by atoms with van der Waals surface area (Å²) in [6.07, 6.45) is 0. The minimum absolute atomic E-state index is 0.0393. The molecule has 110 valence electrons. The second-order valence-corrected chi connectivity index (χ2v) is 8.27. The van der Waals surface area contributed by atoms with Gasteiger partial charge in [0.05, 0.1) is 21.6 Å². The van der Waals surface area contributed by atoms with Crippen molar-refractivity contribution in [2.45, 2.75) is 24.2 Å². The van der Waals surface area contributed by atoms with Crippen molar-refractivity contribution in [2.75, 3.05) is 7.05 Å². The summed E-state index contributed by atoms with van der Waals surface area (Å²) in [4.78, 5) is 1.02. The van der Waals surface area contributed by atoms with Gasteiger partial charge in [0, 0.05) is 18.5 Å². The molecule has 20 heavy (non-hydrogen) atoms. The number of sulfonamides is 1. The van der Waals surface area contributed by atoms with Gasteiger partial charge in [0.15, 0.2) is 0 Å². The Balaban J connectivity index is 2.32. The lowest BCUT2D eigenvalue weighted by molar-refractivity contribution is 0.468. The van der Waals surface area contributed by atoms with Crippen molar-refractivity contribution < 1.29 is 8.42 Å². The first-order chi connectivity index (χ1) is 9.36. The first kappa shape index (κ1) is 15.8. The highest BCUT2D eigenvalue weighted by Crippen LogP contribution is 2.27. The Kier molecular flexibility index (Phi) is 4.76. The number of H-pyrrole nitrogens is 1. The van der Waals surface area contributed by atoms with Crippen molar-refractivity contribution in [3.05, 3.63) is 32.7 Å². The summed E-state index contributed by atoms with van der Waals surface area (Å²) in [5, 5.41) is 6.57. The van der Waals surface area contributed by atoms with Gasteiger partial charge in [0.1, 0.15) is 4.90 Å². The maximum Gasteiger partial charge on any atom is 0.246 e. The molecular weight excluding hydrogens is 341 g/mol. The van der Waals surface area contributed by atoms with Gasteiger partial charge in [0.2, 0.25) is 10.0 Å². The minimum Gasteiger partial charge on any atom is -0.281 e. The fourth-order valence-electron chi connectivity index (χ4n) is 1.80. The predicted octanol–water partition coefficient (Wildman–Crippen LogP) is 2.99. The van der Waals surface area contributed by atoms with E-state index < -0.39 is 10.0 Å². The van der Waals surface area contributed by atoms with Crippen molar-refractivity contribution in [1.82, 2.24) is 14.5 Å². The Bertz CT molecular complexity index is 709. The van der Waals surface area contributed by atoms with Crippen LogP contribution in [0.2, 0.25) is 4.34 Å². The molecule has 2 rings (SSSR count). The summed E-state index contributed by atoms with van der Waals surface area (Å²) in [5.74, 6) is 0.0393. The maximum absolute atomic E-state index is 12.6. The monoisotopic (exact) mass is 353 g/mol. The van der Waals surface area contributed by atoms with Gasteiger partial charge in [-0.15, -0.1) is 22.9 Å². The Morgan fingerprint density at radius 1 is 1.45 bits per heavy atom. The van der Waals surface area contributed by atoms with Crippen LogP contribution in [-0.2, 0) is 22.4 Å². The van der Waals surface area contributed by atoms with Gasteiger partial charge >= 0.3 is 0 Å². The van der Waals surface area contributed by atoms with Gasteiger partial charge in [-0.25, -0.2) is 8.42 Å². The number of aromatic nitrogens is 2. The van der Waals surface area contributed by atoms with Crippen molar-refractivity contribution >= 4 is 44.6 Å². The zero-order valence-corrected chi connectivity index (χ0v) is 14.0. The Labute approximate surface area is 131 Å². The highest BCUT2D eigenvalue weighted by molar-refractivity contribution is 7.89. The van der Waals surface area contributed by atoms with Crippen LogP contribution in [-0.4, -0.2) is 30.0 Å². The number of nitrogens with zero attached hydrogens (tertiary/aromatic N) is 2. The number of aromatic amines is 1. The van der Waals surface area contributed by atoms with E-state index in [-0.39, 0.29) is 17.3 Å². The fraction of sp³-hybridized carbons (Fsp3) is 0.364. The van der Waals surface area contributed by atoms with Crippen LogP contribution >= 0.6 is 34.5 Å². The van der Waals surface area contributed by atoms with Crippen molar-refractivity contribution in [3.8, 4) is 0 Å². The number of hydrogen-bond donors (Lipinski definition) is 1. The number of thiophene rings is 1. The summed E-state index contributed by atoms with van der Waals surface area (Å²) in [5.41, 5.74) is 0.817. The summed E-state index contributed by atoms with van der Waals surface area (Å²) in [6, 6.07) is 3.55. The third-order valence-electron chi connectivity index (χ3n) is 2.76. The molecule has 0 fully saturated rings. The summed E-state index contributed by atoms with van der Waals surface area (Å²) < 4.78 is 27.1. The lowest BCUT2D eigenvalue weighted by Gasteiger charge is -2.16. The molecule has 2 heterocycles. The van der Waals surface area contributed by atoms with E-state index in [1.807, 2.05) is 6.07 Å². The molecule has 0 bridgehead atoms. The quantitative estimate of drug-likeness (QED) is 0.840. The van der Waals surface area contributed by atoms with E-state index in [4.69, 9.17) is 23.2 Å². The number of nitrogens with one attached hydrogen (secondary N) is 1. The normalized spacial score (nSPS) is 12.2. The Morgan fingerprint density at radius 3 is 2.70 bits per heavy atom.